The minimum Gasteiger partial charge on any atom is -0.505 e. The van der Waals surface area contributed by atoms with Gasteiger partial charge in [-0.2, -0.15) is 0 Å². The minimum atomic E-state index is -0.558. The maximum absolute atomic E-state index is 13.2. The van der Waals surface area contributed by atoms with Crippen LogP contribution in [0.15, 0.2) is 18.2 Å². The predicted molar refractivity (Wildman–Crippen MR) is 65.1 cm³/mol. The van der Waals surface area contributed by atoms with E-state index in [2.05, 4.69) is 11.8 Å². The molecule has 0 radical (unpaired) electrons. The largest absolute Gasteiger partial charge is 0.505 e. The Morgan fingerprint density at radius 1 is 1.53 bits per heavy atom. The van der Waals surface area contributed by atoms with Crippen molar-refractivity contribution in [3.8, 4) is 5.75 Å². The van der Waals surface area contributed by atoms with Gasteiger partial charge in [-0.1, -0.05) is 13.0 Å². The molecule has 94 valence electrons. The highest BCUT2D eigenvalue weighted by molar-refractivity contribution is 5.28. The zero-order valence-corrected chi connectivity index (χ0v) is 10.1. The molecular weight excluding hydrogens is 219 g/mol. The summed E-state index contributed by atoms with van der Waals surface area (Å²) in [5.74, 6) is -0.294. The van der Waals surface area contributed by atoms with Crippen LogP contribution in [0.1, 0.15) is 18.9 Å². The normalized spacial score (nSPS) is 26.1. The van der Waals surface area contributed by atoms with Crippen molar-refractivity contribution < 1.29 is 9.50 Å². The smallest absolute Gasteiger partial charge is 0.165 e. The van der Waals surface area contributed by atoms with Crippen molar-refractivity contribution in [1.29, 1.82) is 0 Å². The molecule has 2 atom stereocenters. The molecule has 0 spiro atoms. The zero-order chi connectivity index (χ0) is 12.4. The SMILES string of the molecule is CC1CCN(Cc2ccc(O)c(F)c2)CC1N. The van der Waals surface area contributed by atoms with Crippen LogP contribution >= 0.6 is 0 Å². The van der Waals surface area contributed by atoms with Gasteiger partial charge in [-0.15, -0.1) is 0 Å². The van der Waals surface area contributed by atoms with E-state index in [4.69, 9.17) is 10.8 Å². The highest BCUT2D eigenvalue weighted by atomic mass is 19.1. The number of aromatic hydroxyl groups is 1. The molecule has 4 heteroatoms. The Morgan fingerprint density at radius 2 is 2.29 bits per heavy atom. The van der Waals surface area contributed by atoms with Gasteiger partial charge in [0.05, 0.1) is 0 Å². The molecule has 1 saturated heterocycles. The van der Waals surface area contributed by atoms with Gasteiger partial charge in [-0.3, -0.25) is 4.90 Å². The van der Waals surface area contributed by atoms with E-state index in [-0.39, 0.29) is 11.8 Å². The number of piperidine rings is 1. The topological polar surface area (TPSA) is 49.5 Å². The van der Waals surface area contributed by atoms with Crippen LogP contribution in [0.4, 0.5) is 4.39 Å². The molecule has 1 aromatic rings. The molecule has 0 amide bonds. The summed E-state index contributed by atoms with van der Waals surface area (Å²) in [4.78, 5) is 2.23. The van der Waals surface area contributed by atoms with E-state index in [0.29, 0.717) is 12.5 Å². The van der Waals surface area contributed by atoms with Gasteiger partial charge < -0.3 is 10.8 Å². The second kappa shape index (κ2) is 5.02. The third kappa shape index (κ3) is 2.96. The molecule has 1 fully saturated rings. The fourth-order valence-corrected chi connectivity index (χ4v) is 2.22. The average Bonchev–Trinajstić information content (AvgIpc) is 2.29. The zero-order valence-electron chi connectivity index (χ0n) is 10.1. The fraction of sp³-hybridized carbons (Fsp3) is 0.538. The highest BCUT2D eigenvalue weighted by Crippen LogP contribution is 2.20. The Balaban J connectivity index is 1.99. The second-order valence-electron chi connectivity index (χ2n) is 4.95. The van der Waals surface area contributed by atoms with Crippen molar-refractivity contribution in [3.63, 3.8) is 0 Å². The van der Waals surface area contributed by atoms with E-state index < -0.39 is 5.82 Å². The van der Waals surface area contributed by atoms with Crippen molar-refractivity contribution in [3.05, 3.63) is 29.6 Å². The fourth-order valence-electron chi connectivity index (χ4n) is 2.22. The maximum Gasteiger partial charge on any atom is 0.165 e. The Hall–Kier alpha value is -1.13. The van der Waals surface area contributed by atoms with Gasteiger partial charge in [0.1, 0.15) is 0 Å². The van der Waals surface area contributed by atoms with Gasteiger partial charge in [0.15, 0.2) is 11.6 Å². The van der Waals surface area contributed by atoms with Gasteiger partial charge in [0.2, 0.25) is 0 Å². The summed E-state index contributed by atoms with van der Waals surface area (Å²) in [6.45, 7) is 4.71. The number of hydrogen-bond donors (Lipinski definition) is 2. The third-order valence-electron chi connectivity index (χ3n) is 3.52. The first-order valence-corrected chi connectivity index (χ1v) is 6.01. The number of nitrogens with zero attached hydrogens (tertiary/aromatic N) is 1. The van der Waals surface area contributed by atoms with Crippen molar-refractivity contribution in [2.75, 3.05) is 13.1 Å². The van der Waals surface area contributed by atoms with Gasteiger partial charge in [-0.25, -0.2) is 4.39 Å². The number of benzene rings is 1. The Morgan fingerprint density at radius 3 is 2.94 bits per heavy atom. The van der Waals surface area contributed by atoms with Crippen molar-refractivity contribution in [1.82, 2.24) is 4.90 Å². The van der Waals surface area contributed by atoms with Crippen molar-refractivity contribution >= 4 is 0 Å². The average molecular weight is 238 g/mol. The molecule has 1 aromatic carbocycles. The molecule has 0 aromatic heterocycles. The summed E-state index contributed by atoms with van der Waals surface area (Å²) < 4.78 is 13.2. The van der Waals surface area contributed by atoms with E-state index >= 15 is 0 Å². The second-order valence-corrected chi connectivity index (χ2v) is 4.95. The number of hydrogen-bond acceptors (Lipinski definition) is 3. The van der Waals surface area contributed by atoms with Crippen molar-refractivity contribution in [2.24, 2.45) is 11.7 Å². The molecule has 3 N–H and O–H groups in total. The lowest BCUT2D eigenvalue weighted by molar-refractivity contribution is 0.162. The van der Waals surface area contributed by atoms with Crippen LogP contribution in [-0.2, 0) is 6.54 Å². The van der Waals surface area contributed by atoms with E-state index in [0.717, 1.165) is 25.1 Å². The minimum absolute atomic E-state index is 0.200. The van der Waals surface area contributed by atoms with Gasteiger partial charge in [0, 0.05) is 19.1 Å². The maximum atomic E-state index is 13.2. The van der Waals surface area contributed by atoms with E-state index in [9.17, 15) is 4.39 Å². The number of halogens is 1. The molecule has 1 aliphatic rings. The van der Waals surface area contributed by atoms with Gasteiger partial charge >= 0.3 is 0 Å². The Kier molecular flexibility index (Phi) is 3.64. The Bertz CT molecular complexity index is 397. The Labute approximate surface area is 101 Å². The monoisotopic (exact) mass is 238 g/mol. The first-order valence-electron chi connectivity index (χ1n) is 6.01. The summed E-state index contributed by atoms with van der Waals surface area (Å²) in [7, 11) is 0. The lowest BCUT2D eigenvalue weighted by Gasteiger charge is -2.35. The predicted octanol–water partition coefficient (Wildman–Crippen LogP) is 1.70. The molecule has 0 bridgehead atoms. The summed E-state index contributed by atoms with van der Waals surface area (Å²) in [5.41, 5.74) is 6.90. The van der Waals surface area contributed by atoms with E-state index in [1.807, 2.05) is 0 Å². The van der Waals surface area contributed by atoms with Gasteiger partial charge in [0.25, 0.3) is 0 Å². The first-order chi connectivity index (χ1) is 8.06. The molecule has 17 heavy (non-hydrogen) atoms. The number of likely N-dealkylation sites (tertiary alicyclic amines) is 1. The third-order valence-corrected chi connectivity index (χ3v) is 3.52. The lowest BCUT2D eigenvalue weighted by Crippen LogP contribution is -2.47. The molecule has 0 aliphatic carbocycles. The quantitative estimate of drug-likeness (QED) is 0.824. The molecular formula is C13H19FN2O. The number of phenolic OH excluding ortho intramolecular Hbond substituents is 1. The van der Waals surface area contributed by atoms with Crippen LogP contribution in [0.25, 0.3) is 0 Å². The van der Waals surface area contributed by atoms with Crippen LogP contribution in [0, 0.1) is 11.7 Å². The molecule has 1 aliphatic heterocycles. The summed E-state index contributed by atoms with van der Waals surface area (Å²) >= 11 is 0. The van der Waals surface area contributed by atoms with Crippen molar-refractivity contribution in [2.45, 2.75) is 25.9 Å². The van der Waals surface area contributed by atoms with Crippen LogP contribution < -0.4 is 5.73 Å². The number of nitrogens with two attached hydrogens (primary N) is 1. The molecule has 2 rings (SSSR count). The number of phenols is 1. The summed E-state index contributed by atoms with van der Waals surface area (Å²) in [6.07, 6.45) is 1.09. The standard InChI is InChI=1S/C13H19FN2O/c1-9-4-5-16(8-12(9)15)7-10-2-3-13(17)11(14)6-10/h2-3,6,9,12,17H,4-5,7-8,15H2,1H3. The highest BCUT2D eigenvalue weighted by Gasteiger charge is 2.23. The molecule has 1 heterocycles. The van der Waals surface area contributed by atoms with Crippen LogP contribution in [-0.4, -0.2) is 29.1 Å². The molecule has 2 unspecified atom stereocenters. The van der Waals surface area contributed by atoms with Crippen LogP contribution in [0.3, 0.4) is 0 Å². The van der Waals surface area contributed by atoms with Crippen LogP contribution in [0.2, 0.25) is 0 Å². The van der Waals surface area contributed by atoms with E-state index in [1.54, 1.807) is 6.07 Å². The lowest BCUT2D eigenvalue weighted by atomic mass is 9.94. The first kappa shape index (κ1) is 12.3. The molecule has 3 nitrogen and oxygen atoms in total. The van der Waals surface area contributed by atoms with E-state index in [1.165, 1.54) is 12.1 Å². The summed E-state index contributed by atoms with van der Waals surface area (Å²) in [5, 5.41) is 9.12. The van der Waals surface area contributed by atoms with Gasteiger partial charge in [-0.05, 0) is 36.6 Å². The van der Waals surface area contributed by atoms with Crippen LogP contribution in [0.5, 0.6) is 5.75 Å². The number of rotatable bonds is 2. The molecule has 0 saturated carbocycles. The summed E-state index contributed by atoms with van der Waals surface area (Å²) in [6, 6.07) is 4.74.